The van der Waals surface area contributed by atoms with E-state index in [1.54, 1.807) is 6.33 Å². The number of imidazole rings is 1. The summed E-state index contributed by atoms with van der Waals surface area (Å²) < 4.78 is 1.87. The summed E-state index contributed by atoms with van der Waals surface area (Å²) in [6, 6.07) is 0. The van der Waals surface area contributed by atoms with Crippen LogP contribution in [0.15, 0.2) is 6.33 Å². The van der Waals surface area contributed by atoms with Crippen LogP contribution in [0.1, 0.15) is 11.5 Å². The molecule has 0 unspecified atom stereocenters. The summed E-state index contributed by atoms with van der Waals surface area (Å²) in [5.74, 6) is 0.790. The summed E-state index contributed by atoms with van der Waals surface area (Å²) in [6.45, 7) is 3.83. The normalized spacial score (nSPS) is 10.9. The fraction of sp³-hybridized carbons (Fsp3) is 0.286. The Hall–Kier alpha value is -0.720. The second-order valence-corrected chi connectivity index (χ2v) is 3.62. The molecule has 0 amide bonds. The molecule has 4 nitrogen and oxygen atoms in total. The molecule has 0 bridgehead atoms. The fourth-order valence-electron chi connectivity index (χ4n) is 1.15. The van der Waals surface area contributed by atoms with E-state index in [9.17, 15) is 0 Å². The van der Waals surface area contributed by atoms with E-state index in [0.717, 1.165) is 22.7 Å². The van der Waals surface area contributed by atoms with Crippen LogP contribution in [0.5, 0.6) is 0 Å². The van der Waals surface area contributed by atoms with E-state index in [2.05, 4.69) is 37.8 Å². The van der Waals surface area contributed by atoms with Gasteiger partial charge in [0.15, 0.2) is 5.65 Å². The summed E-state index contributed by atoms with van der Waals surface area (Å²) >= 11 is 2.15. The third-order valence-corrected chi connectivity index (χ3v) is 2.35. The number of aryl methyl sites for hydroxylation is 2. The monoisotopic (exact) mass is 274 g/mol. The quantitative estimate of drug-likeness (QED) is 0.686. The third-order valence-electron chi connectivity index (χ3n) is 1.64. The molecule has 2 aromatic heterocycles. The van der Waals surface area contributed by atoms with Crippen molar-refractivity contribution in [1.29, 1.82) is 0 Å². The molecule has 0 aromatic carbocycles. The summed E-state index contributed by atoms with van der Waals surface area (Å²) in [6.07, 6.45) is 1.74. The lowest BCUT2D eigenvalue weighted by Crippen LogP contribution is -1.93. The average molecular weight is 274 g/mol. The molecule has 62 valence electrons. The molecule has 0 N–H and O–H groups in total. The van der Waals surface area contributed by atoms with E-state index < -0.39 is 0 Å². The van der Waals surface area contributed by atoms with E-state index in [4.69, 9.17) is 0 Å². The Morgan fingerprint density at radius 2 is 2.08 bits per heavy atom. The molecule has 2 rings (SSSR count). The number of hydrogen-bond acceptors (Lipinski definition) is 3. The van der Waals surface area contributed by atoms with E-state index in [1.165, 1.54) is 0 Å². The van der Waals surface area contributed by atoms with Crippen LogP contribution >= 0.6 is 22.9 Å². The number of halogens is 1. The molecule has 0 radical (unpaired) electrons. The van der Waals surface area contributed by atoms with Gasteiger partial charge in [-0.1, -0.05) is 0 Å². The van der Waals surface area contributed by atoms with Crippen molar-refractivity contribution in [2.75, 3.05) is 0 Å². The fourth-order valence-corrected chi connectivity index (χ4v) is 1.61. The first-order valence-electron chi connectivity index (χ1n) is 3.53. The van der Waals surface area contributed by atoms with Gasteiger partial charge in [0.25, 0.3) is 0 Å². The van der Waals surface area contributed by atoms with E-state index >= 15 is 0 Å². The van der Waals surface area contributed by atoms with Crippen LogP contribution in [0.3, 0.4) is 0 Å². The van der Waals surface area contributed by atoms with Crippen LogP contribution in [-0.2, 0) is 0 Å². The summed E-state index contributed by atoms with van der Waals surface area (Å²) in [5, 5.41) is 0. The number of fused-ring (bicyclic) bond motifs is 1. The molecule has 0 fully saturated rings. The average Bonchev–Trinajstić information content (AvgIpc) is 2.33. The predicted octanol–water partition coefficient (Wildman–Crippen LogP) is 1.64. The van der Waals surface area contributed by atoms with Crippen LogP contribution < -0.4 is 0 Å². The Kier molecular flexibility index (Phi) is 1.75. The van der Waals surface area contributed by atoms with Gasteiger partial charge in [-0.15, -0.1) is 0 Å². The highest BCUT2D eigenvalue weighted by Crippen LogP contribution is 2.14. The van der Waals surface area contributed by atoms with Gasteiger partial charge in [-0.2, -0.15) is 0 Å². The van der Waals surface area contributed by atoms with Crippen molar-refractivity contribution in [2.45, 2.75) is 13.8 Å². The Balaban J connectivity index is 2.92. The molecule has 0 spiro atoms. The SMILES string of the molecule is Cc1nc(C)c2ncn(I)c2n1. The minimum Gasteiger partial charge on any atom is -0.254 e. The highest BCUT2D eigenvalue weighted by atomic mass is 127. The van der Waals surface area contributed by atoms with Crippen LogP contribution in [0.4, 0.5) is 0 Å². The maximum Gasteiger partial charge on any atom is 0.172 e. The van der Waals surface area contributed by atoms with Crippen molar-refractivity contribution in [3.63, 3.8) is 0 Å². The molecular weight excluding hydrogens is 267 g/mol. The largest absolute Gasteiger partial charge is 0.254 e. The van der Waals surface area contributed by atoms with Crippen molar-refractivity contribution >= 4 is 34.0 Å². The maximum absolute atomic E-state index is 4.28. The smallest absolute Gasteiger partial charge is 0.172 e. The van der Waals surface area contributed by atoms with Gasteiger partial charge in [-0.25, -0.2) is 15.0 Å². The van der Waals surface area contributed by atoms with Crippen LogP contribution in [0, 0.1) is 13.8 Å². The van der Waals surface area contributed by atoms with Crippen LogP contribution in [-0.4, -0.2) is 17.7 Å². The van der Waals surface area contributed by atoms with Crippen molar-refractivity contribution in [1.82, 2.24) is 17.7 Å². The first kappa shape index (κ1) is 7.90. The molecule has 0 aliphatic heterocycles. The molecule has 0 aliphatic carbocycles. The van der Waals surface area contributed by atoms with Gasteiger partial charge in [0.05, 0.1) is 28.6 Å². The standard InChI is InChI=1S/C7H7IN4/c1-4-6-7(11-5(2)10-4)12(8)3-9-6/h3H,1-2H3. The highest BCUT2D eigenvalue weighted by molar-refractivity contribution is 14.1. The number of hydrogen-bond donors (Lipinski definition) is 0. The Morgan fingerprint density at radius 3 is 2.83 bits per heavy atom. The van der Waals surface area contributed by atoms with E-state index in [0.29, 0.717) is 0 Å². The van der Waals surface area contributed by atoms with Crippen molar-refractivity contribution in [2.24, 2.45) is 0 Å². The van der Waals surface area contributed by atoms with Crippen LogP contribution in [0.25, 0.3) is 11.2 Å². The minimum atomic E-state index is 0.790. The highest BCUT2D eigenvalue weighted by Gasteiger charge is 2.06. The third kappa shape index (κ3) is 1.08. The zero-order valence-electron chi connectivity index (χ0n) is 6.74. The second-order valence-electron chi connectivity index (χ2n) is 2.58. The van der Waals surface area contributed by atoms with Gasteiger partial charge in [0, 0.05) is 0 Å². The van der Waals surface area contributed by atoms with Crippen molar-refractivity contribution in [3.8, 4) is 0 Å². The summed E-state index contributed by atoms with van der Waals surface area (Å²) in [7, 11) is 0. The first-order valence-corrected chi connectivity index (χ1v) is 4.49. The molecule has 5 heteroatoms. The van der Waals surface area contributed by atoms with Gasteiger partial charge in [-0.05, 0) is 13.8 Å². The summed E-state index contributed by atoms with van der Waals surface area (Å²) in [5.41, 5.74) is 2.71. The Bertz CT molecular complexity index is 434. The zero-order chi connectivity index (χ0) is 8.72. The number of nitrogens with zero attached hydrogens (tertiary/aromatic N) is 4. The Morgan fingerprint density at radius 1 is 1.33 bits per heavy atom. The molecule has 12 heavy (non-hydrogen) atoms. The lowest BCUT2D eigenvalue weighted by atomic mass is 10.4. The van der Waals surface area contributed by atoms with E-state index in [-0.39, 0.29) is 0 Å². The lowest BCUT2D eigenvalue weighted by Gasteiger charge is -1.96. The molecule has 0 saturated heterocycles. The predicted molar refractivity (Wildman–Crippen MR) is 54.2 cm³/mol. The topological polar surface area (TPSA) is 43.6 Å². The van der Waals surface area contributed by atoms with Gasteiger partial charge in [0.1, 0.15) is 17.7 Å². The number of rotatable bonds is 0. The summed E-state index contributed by atoms with van der Waals surface area (Å²) in [4.78, 5) is 12.7. The number of aromatic nitrogens is 4. The molecular formula is C7H7IN4. The van der Waals surface area contributed by atoms with Gasteiger partial charge < -0.3 is 0 Å². The molecule has 0 saturated carbocycles. The van der Waals surface area contributed by atoms with Gasteiger partial charge >= 0.3 is 0 Å². The first-order chi connectivity index (χ1) is 5.68. The maximum atomic E-state index is 4.28. The van der Waals surface area contributed by atoms with Crippen molar-refractivity contribution in [3.05, 3.63) is 17.8 Å². The molecule has 2 heterocycles. The second kappa shape index (κ2) is 2.65. The zero-order valence-corrected chi connectivity index (χ0v) is 8.90. The lowest BCUT2D eigenvalue weighted by molar-refractivity contribution is 1.04. The van der Waals surface area contributed by atoms with Gasteiger partial charge in [0.2, 0.25) is 0 Å². The molecule has 2 aromatic rings. The Labute approximate surface area is 83.5 Å². The van der Waals surface area contributed by atoms with Gasteiger partial charge in [-0.3, -0.25) is 2.78 Å². The van der Waals surface area contributed by atoms with Crippen LogP contribution in [0.2, 0.25) is 0 Å². The van der Waals surface area contributed by atoms with E-state index in [1.807, 2.05) is 16.6 Å². The minimum absolute atomic E-state index is 0.790. The molecule has 0 aliphatic rings. The molecule has 0 atom stereocenters. The van der Waals surface area contributed by atoms with Crippen molar-refractivity contribution < 1.29 is 0 Å².